The number of alkyl halides is 3. The Morgan fingerprint density at radius 3 is 2.60 bits per heavy atom. The largest absolute Gasteiger partial charge is 0.454 e. The highest BCUT2D eigenvalue weighted by molar-refractivity contribution is 5.69. The number of rotatable bonds is 1. The predicted octanol–water partition coefficient (Wildman–Crippen LogP) is 2.08. The van der Waals surface area contributed by atoms with Gasteiger partial charge in [0.2, 0.25) is 5.76 Å². The van der Waals surface area contributed by atoms with Crippen LogP contribution < -0.4 is 5.32 Å². The molecule has 0 saturated carbocycles. The first-order chi connectivity index (χ1) is 6.97. The molecule has 1 fully saturated rings. The van der Waals surface area contributed by atoms with Crippen molar-refractivity contribution in [3.63, 3.8) is 0 Å². The second kappa shape index (κ2) is 3.18. The molecule has 1 N–H and O–H groups in total. The Morgan fingerprint density at radius 1 is 1.40 bits per heavy atom. The lowest BCUT2D eigenvalue weighted by molar-refractivity contribution is -0.153. The SMILES string of the molecule is O=C1NC(c2ccc(C(F)(F)F)o2)CO1. The third-order valence-corrected chi connectivity index (χ3v) is 1.92. The molecule has 1 saturated heterocycles. The van der Waals surface area contributed by atoms with E-state index in [0.29, 0.717) is 0 Å². The molecule has 82 valence electrons. The zero-order valence-electron chi connectivity index (χ0n) is 7.30. The molecule has 1 aliphatic heterocycles. The van der Waals surface area contributed by atoms with E-state index in [0.717, 1.165) is 6.07 Å². The van der Waals surface area contributed by atoms with Gasteiger partial charge in [-0.15, -0.1) is 0 Å². The van der Waals surface area contributed by atoms with Gasteiger partial charge >= 0.3 is 12.3 Å². The van der Waals surface area contributed by atoms with Gasteiger partial charge in [0.1, 0.15) is 18.4 Å². The van der Waals surface area contributed by atoms with Gasteiger partial charge in [-0.05, 0) is 12.1 Å². The normalized spacial score (nSPS) is 21.3. The number of alkyl carbamates (subject to hydrolysis) is 1. The summed E-state index contributed by atoms with van der Waals surface area (Å²) in [7, 11) is 0. The van der Waals surface area contributed by atoms with Crippen molar-refractivity contribution in [3.8, 4) is 0 Å². The highest BCUT2D eigenvalue weighted by Gasteiger charge is 2.36. The lowest BCUT2D eigenvalue weighted by Crippen LogP contribution is -2.17. The molecule has 0 radical (unpaired) electrons. The van der Waals surface area contributed by atoms with Crippen molar-refractivity contribution >= 4 is 6.09 Å². The van der Waals surface area contributed by atoms with Crippen LogP contribution in [-0.2, 0) is 10.9 Å². The van der Waals surface area contributed by atoms with Gasteiger partial charge in [-0.1, -0.05) is 0 Å². The average molecular weight is 221 g/mol. The summed E-state index contributed by atoms with van der Waals surface area (Å²) >= 11 is 0. The highest BCUT2D eigenvalue weighted by Crippen LogP contribution is 2.32. The maximum absolute atomic E-state index is 12.2. The number of amides is 1. The van der Waals surface area contributed by atoms with Crippen LogP contribution in [0.15, 0.2) is 16.5 Å². The van der Waals surface area contributed by atoms with Crippen molar-refractivity contribution in [3.05, 3.63) is 23.7 Å². The van der Waals surface area contributed by atoms with Gasteiger partial charge in [-0.25, -0.2) is 4.79 Å². The monoisotopic (exact) mass is 221 g/mol. The van der Waals surface area contributed by atoms with E-state index in [4.69, 9.17) is 0 Å². The Labute approximate surface area is 82.0 Å². The van der Waals surface area contributed by atoms with Crippen LogP contribution in [0.3, 0.4) is 0 Å². The molecule has 0 aromatic carbocycles. The molecule has 4 nitrogen and oxygen atoms in total. The maximum atomic E-state index is 12.2. The Bertz CT molecular complexity index is 385. The summed E-state index contributed by atoms with van der Waals surface area (Å²) in [6.45, 7) is -0.0242. The zero-order chi connectivity index (χ0) is 11.1. The number of hydrogen-bond acceptors (Lipinski definition) is 3. The van der Waals surface area contributed by atoms with E-state index in [1.54, 1.807) is 0 Å². The summed E-state index contributed by atoms with van der Waals surface area (Å²) in [6, 6.07) is 1.34. The summed E-state index contributed by atoms with van der Waals surface area (Å²) in [5.41, 5.74) is 0. The molecule has 2 rings (SSSR count). The smallest absolute Gasteiger partial charge is 0.449 e. The quantitative estimate of drug-likeness (QED) is 0.789. The van der Waals surface area contributed by atoms with Gasteiger partial charge in [0.25, 0.3) is 0 Å². The Balaban J connectivity index is 2.17. The molecule has 0 spiro atoms. The van der Waals surface area contributed by atoms with Gasteiger partial charge in [0.05, 0.1) is 0 Å². The summed E-state index contributed by atoms with van der Waals surface area (Å²) in [4.78, 5) is 10.6. The number of ether oxygens (including phenoxy) is 1. The van der Waals surface area contributed by atoms with Gasteiger partial charge in [0, 0.05) is 0 Å². The zero-order valence-corrected chi connectivity index (χ0v) is 7.30. The number of hydrogen-bond donors (Lipinski definition) is 1. The van der Waals surface area contributed by atoms with Crippen LogP contribution in [0, 0.1) is 0 Å². The molecule has 0 aliphatic carbocycles. The second-order valence-electron chi connectivity index (χ2n) is 3.00. The third-order valence-electron chi connectivity index (χ3n) is 1.92. The van der Waals surface area contributed by atoms with Crippen molar-refractivity contribution < 1.29 is 27.1 Å². The molecule has 2 heterocycles. The van der Waals surface area contributed by atoms with E-state index in [-0.39, 0.29) is 12.4 Å². The fourth-order valence-corrected chi connectivity index (χ4v) is 1.23. The van der Waals surface area contributed by atoms with Crippen LogP contribution in [0.25, 0.3) is 0 Å². The van der Waals surface area contributed by atoms with Gasteiger partial charge in [-0.2, -0.15) is 13.2 Å². The second-order valence-corrected chi connectivity index (χ2v) is 3.00. The van der Waals surface area contributed by atoms with Crippen molar-refractivity contribution in [1.29, 1.82) is 0 Å². The lowest BCUT2D eigenvalue weighted by atomic mass is 10.2. The summed E-state index contributed by atoms with van der Waals surface area (Å²) < 4.78 is 45.5. The molecule has 1 amide bonds. The molecule has 1 aliphatic rings. The van der Waals surface area contributed by atoms with Crippen LogP contribution in [0.2, 0.25) is 0 Å². The predicted molar refractivity (Wildman–Crippen MR) is 40.9 cm³/mol. The topological polar surface area (TPSA) is 51.5 Å². The molecule has 7 heteroatoms. The molecule has 1 unspecified atom stereocenters. The number of carbonyl (C=O) groups excluding carboxylic acids is 1. The number of halogens is 3. The van der Waals surface area contributed by atoms with Crippen molar-refractivity contribution in [2.75, 3.05) is 6.61 Å². The van der Waals surface area contributed by atoms with E-state index in [2.05, 4.69) is 14.5 Å². The van der Waals surface area contributed by atoms with E-state index in [1.165, 1.54) is 6.07 Å². The van der Waals surface area contributed by atoms with Crippen molar-refractivity contribution in [1.82, 2.24) is 5.32 Å². The lowest BCUT2D eigenvalue weighted by Gasteiger charge is -2.04. The summed E-state index contributed by atoms with van der Waals surface area (Å²) in [6.07, 6.45) is -5.17. The van der Waals surface area contributed by atoms with Gasteiger partial charge in [0.15, 0.2) is 0 Å². The number of cyclic esters (lactones) is 1. The minimum Gasteiger partial charge on any atom is -0.454 e. The van der Waals surface area contributed by atoms with Crippen molar-refractivity contribution in [2.45, 2.75) is 12.2 Å². The van der Waals surface area contributed by atoms with Gasteiger partial charge < -0.3 is 14.5 Å². The van der Waals surface area contributed by atoms with E-state index in [9.17, 15) is 18.0 Å². The average Bonchev–Trinajstić information content (AvgIpc) is 2.69. The van der Waals surface area contributed by atoms with E-state index in [1.807, 2.05) is 0 Å². The summed E-state index contributed by atoms with van der Waals surface area (Å²) in [5.74, 6) is -1.05. The first-order valence-corrected chi connectivity index (χ1v) is 4.07. The first kappa shape index (κ1) is 9.88. The Morgan fingerprint density at radius 2 is 2.13 bits per heavy atom. The van der Waals surface area contributed by atoms with Gasteiger partial charge in [-0.3, -0.25) is 0 Å². The number of carbonyl (C=O) groups is 1. The summed E-state index contributed by atoms with van der Waals surface area (Å²) in [5, 5.41) is 2.31. The van der Waals surface area contributed by atoms with E-state index < -0.39 is 24.1 Å². The Kier molecular flexibility index (Phi) is 2.09. The standard InChI is InChI=1S/C8H6F3NO3/c9-8(10,11)6-2-1-5(15-6)4-3-14-7(13)12-4/h1-2,4H,3H2,(H,12,13). The minimum atomic E-state index is -4.51. The van der Waals surface area contributed by atoms with Crippen molar-refractivity contribution in [2.24, 2.45) is 0 Å². The number of furan rings is 1. The van der Waals surface area contributed by atoms with E-state index >= 15 is 0 Å². The third kappa shape index (κ3) is 1.90. The minimum absolute atomic E-state index is 0.0242. The van der Waals surface area contributed by atoms with Crippen LogP contribution in [0.4, 0.5) is 18.0 Å². The molecule has 15 heavy (non-hydrogen) atoms. The number of nitrogens with one attached hydrogen (secondary N) is 1. The fourth-order valence-electron chi connectivity index (χ4n) is 1.23. The molecule has 0 bridgehead atoms. The fraction of sp³-hybridized carbons (Fsp3) is 0.375. The Hall–Kier alpha value is -1.66. The maximum Gasteiger partial charge on any atom is 0.449 e. The van der Waals surface area contributed by atoms with Crippen LogP contribution in [0.1, 0.15) is 17.6 Å². The van der Waals surface area contributed by atoms with Crippen LogP contribution >= 0.6 is 0 Å². The molecular formula is C8H6F3NO3. The molecule has 1 atom stereocenters. The van der Waals surface area contributed by atoms with Crippen LogP contribution in [0.5, 0.6) is 0 Å². The molecule has 1 aromatic heterocycles. The molecular weight excluding hydrogens is 215 g/mol. The molecule has 1 aromatic rings. The first-order valence-electron chi connectivity index (χ1n) is 4.07. The highest BCUT2D eigenvalue weighted by atomic mass is 19.4. The van der Waals surface area contributed by atoms with Crippen LogP contribution in [-0.4, -0.2) is 12.7 Å².